The predicted octanol–water partition coefficient (Wildman–Crippen LogP) is 2.37. The van der Waals surface area contributed by atoms with Gasteiger partial charge >= 0.3 is 23.5 Å². The zero-order valence-electron chi connectivity index (χ0n) is 9.50. The van der Waals surface area contributed by atoms with Crippen molar-refractivity contribution < 1.29 is 41.8 Å². The van der Waals surface area contributed by atoms with E-state index in [0.29, 0.717) is 0 Å². The van der Waals surface area contributed by atoms with E-state index in [0.717, 1.165) is 0 Å². The molecule has 0 aromatic carbocycles. The minimum Gasteiger partial charge on any atom is -0.478 e. The summed E-state index contributed by atoms with van der Waals surface area (Å²) in [4.78, 5) is 24.0. The monoisotopic (exact) mass is 334 g/mol. The number of carbonyl (C=O) groups is 2. The third-order valence-electron chi connectivity index (χ3n) is 2.20. The van der Waals surface area contributed by atoms with Gasteiger partial charge in [-0.1, -0.05) is 0 Å². The van der Waals surface area contributed by atoms with Crippen LogP contribution in [0.4, 0.5) is 27.6 Å². The topological polar surface area (TPSA) is 114 Å². The summed E-state index contributed by atoms with van der Waals surface area (Å²) >= 11 is 4.50. The number of alkyl halides is 6. The molecule has 0 aliphatic heterocycles. The predicted molar refractivity (Wildman–Crippen MR) is 57.3 cm³/mol. The molecule has 0 radical (unpaired) electrons. The largest absolute Gasteiger partial charge is 0.478 e. The van der Waals surface area contributed by atoms with Gasteiger partial charge in [-0.15, -0.1) is 0 Å². The number of pyridine rings is 1. The first-order chi connectivity index (χ1) is 9.28. The van der Waals surface area contributed by atoms with Gasteiger partial charge in [-0.2, -0.15) is 22.0 Å². The SMILES string of the molecule is Nc1c(C(=O)O)c(C(F)(F)F)nc(C(F)(F)Cl)c1C(=O)O. The molecule has 6 nitrogen and oxygen atoms in total. The number of rotatable bonds is 3. The van der Waals surface area contributed by atoms with E-state index in [9.17, 15) is 31.5 Å². The average molecular weight is 335 g/mol. The summed E-state index contributed by atoms with van der Waals surface area (Å²) in [7, 11) is 0. The molecule has 0 aliphatic rings. The second-order valence-electron chi connectivity index (χ2n) is 3.58. The first-order valence-corrected chi connectivity index (χ1v) is 5.10. The van der Waals surface area contributed by atoms with Crippen molar-refractivity contribution >= 4 is 29.2 Å². The molecule has 1 rings (SSSR count). The molecule has 1 heterocycles. The van der Waals surface area contributed by atoms with Gasteiger partial charge in [0.2, 0.25) is 0 Å². The van der Waals surface area contributed by atoms with Crippen molar-refractivity contribution in [1.29, 1.82) is 0 Å². The van der Waals surface area contributed by atoms with Crippen LogP contribution < -0.4 is 5.73 Å². The fourth-order valence-electron chi connectivity index (χ4n) is 1.45. The summed E-state index contributed by atoms with van der Waals surface area (Å²) in [6.07, 6.45) is -5.46. The van der Waals surface area contributed by atoms with E-state index in [1.54, 1.807) is 0 Å². The molecule has 1 aromatic rings. The van der Waals surface area contributed by atoms with Crippen LogP contribution in [0.25, 0.3) is 0 Å². The lowest BCUT2D eigenvalue weighted by Crippen LogP contribution is -2.25. The molecule has 0 amide bonds. The number of hydrogen-bond acceptors (Lipinski definition) is 4. The summed E-state index contributed by atoms with van der Waals surface area (Å²) in [6.45, 7) is 0. The van der Waals surface area contributed by atoms with Crippen molar-refractivity contribution in [3.8, 4) is 0 Å². The Bertz CT molecular complexity index is 576. The van der Waals surface area contributed by atoms with E-state index >= 15 is 0 Å². The normalized spacial score (nSPS) is 12.3. The molecule has 12 heteroatoms. The van der Waals surface area contributed by atoms with Crippen LogP contribution in [-0.4, -0.2) is 27.1 Å². The second-order valence-corrected chi connectivity index (χ2v) is 4.05. The fourth-order valence-corrected chi connectivity index (χ4v) is 1.58. The van der Waals surface area contributed by atoms with E-state index in [2.05, 4.69) is 16.6 Å². The van der Waals surface area contributed by atoms with Gasteiger partial charge in [0.15, 0.2) is 5.69 Å². The summed E-state index contributed by atoms with van der Waals surface area (Å²) in [5.74, 6) is -4.48. The van der Waals surface area contributed by atoms with Crippen LogP contribution in [0.5, 0.6) is 0 Å². The van der Waals surface area contributed by atoms with Crippen LogP contribution in [0.1, 0.15) is 32.1 Å². The number of nitrogen functional groups attached to an aromatic ring is 1. The summed E-state index contributed by atoms with van der Waals surface area (Å²) in [5, 5.41) is 12.8. The van der Waals surface area contributed by atoms with Crippen molar-refractivity contribution in [3.63, 3.8) is 0 Å². The van der Waals surface area contributed by atoms with E-state index < -0.39 is 51.7 Å². The van der Waals surface area contributed by atoms with Gasteiger partial charge in [-0.05, 0) is 11.6 Å². The molecule has 21 heavy (non-hydrogen) atoms. The molecule has 1 aromatic heterocycles. The first kappa shape index (κ1) is 16.9. The zero-order chi connectivity index (χ0) is 16.7. The van der Waals surface area contributed by atoms with Crippen LogP contribution >= 0.6 is 11.6 Å². The Kier molecular flexibility index (Phi) is 4.01. The molecule has 0 saturated heterocycles. The number of halogens is 6. The first-order valence-electron chi connectivity index (χ1n) is 4.73. The van der Waals surface area contributed by atoms with E-state index in [4.69, 9.17) is 15.9 Å². The van der Waals surface area contributed by atoms with Crippen LogP contribution in [0.3, 0.4) is 0 Å². The maximum absolute atomic E-state index is 13.0. The number of carboxylic acid groups (broad SMARTS) is 2. The van der Waals surface area contributed by atoms with Gasteiger partial charge in [0.1, 0.15) is 16.8 Å². The van der Waals surface area contributed by atoms with Gasteiger partial charge in [-0.25, -0.2) is 14.6 Å². The molecule has 0 atom stereocenters. The average Bonchev–Trinajstić information content (AvgIpc) is 2.23. The second kappa shape index (κ2) is 4.98. The van der Waals surface area contributed by atoms with Gasteiger partial charge < -0.3 is 15.9 Å². The lowest BCUT2D eigenvalue weighted by molar-refractivity contribution is -0.142. The number of nitrogens with zero attached hydrogens (tertiary/aromatic N) is 1. The van der Waals surface area contributed by atoms with Gasteiger partial charge in [0, 0.05) is 0 Å². The molecule has 4 N–H and O–H groups in total. The Balaban J connectivity index is 3.99. The molecule has 0 bridgehead atoms. The lowest BCUT2D eigenvalue weighted by atomic mass is 10.0. The Morgan fingerprint density at radius 3 is 1.67 bits per heavy atom. The quantitative estimate of drug-likeness (QED) is 0.577. The van der Waals surface area contributed by atoms with Crippen LogP contribution in [0.2, 0.25) is 0 Å². The van der Waals surface area contributed by atoms with Crippen LogP contribution in [-0.2, 0) is 11.6 Å². The number of aromatic nitrogens is 1. The maximum atomic E-state index is 13.0. The molecule has 0 spiro atoms. The Morgan fingerprint density at radius 2 is 1.38 bits per heavy atom. The van der Waals surface area contributed by atoms with Crippen LogP contribution in [0, 0.1) is 0 Å². The highest BCUT2D eigenvalue weighted by Gasteiger charge is 2.45. The smallest absolute Gasteiger partial charge is 0.434 e. The van der Waals surface area contributed by atoms with Crippen molar-refractivity contribution in [1.82, 2.24) is 4.98 Å². The van der Waals surface area contributed by atoms with Crippen molar-refractivity contribution in [2.75, 3.05) is 5.73 Å². The van der Waals surface area contributed by atoms with Gasteiger partial charge in [-0.3, -0.25) is 0 Å². The zero-order valence-corrected chi connectivity index (χ0v) is 10.3. The van der Waals surface area contributed by atoms with Gasteiger partial charge in [0.25, 0.3) is 0 Å². The summed E-state index contributed by atoms with van der Waals surface area (Å²) in [5.41, 5.74) is -4.16. The minimum absolute atomic E-state index is 1.52. The van der Waals surface area contributed by atoms with E-state index in [1.165, 1.54) is 0 Å². The standard InChI is InChI=1S/C9H4ClF5N2O4/c10-8(11,12)4-1(6(18)19)3(16)2(7(20)21)5(17-4)9(13,14)15/h(H2,16,17)(H,18,19)(H,20,21). The molecular weight excluding hydrogens is 331 g/mol. The Morgan fingerprint density at radius 1 is 1.00 bits per heavy atom. The fraction of sp³-hybridized carbons (Fsp3) is 0.222. The van der Waals surface area contributed by atoms with Gasteiger partial charge in [0.05, 0.1) is 5.69 Å². The number of carboxylic acids is 2. The van der Waals surface area contributed by atoms with Crippen LogP contribution in [0.15, 0.2) is 0 Å². The van der Waals surface area contributed by atoms with Crippen molar-refractivity contribution in [3.05, 3.63) is 22.5 Å². The molecule has 0 unspecified atom stereocenters. The van der Waals surface area contributed by atoms with Crippen molar-refractivity contribution in [2.45, 2.75) is 11.6 Å². The molecule has 0 fully saturated rings. The molecule has 0 aliphatic carbocycles. The Labute approximate surface area is 116 Å². The highest BCUT2D eigenvalue weighted by atomic mass is 35.5. The van der Waals surface area contributed by atoms with E-state index in [1.807, 2.05) is 0 Å². The third kappa shape index (κ3) is 3.12. The summed E-state index contributed by atoms with van der Waals surface area (Å²) < 4.78 is 64.1. The number of anilines is 1. The molecule has 0 saturated carbocycles. The highest BCUT2D eigenvalue weighted by molar-refractivity contribution is 6.22. The lowest BCUT2D eigenvalue weighted by Gasteiger charge is -2.18. The number of hydrogen-bond donors (Lipinski definition) is 3. The minimum atomic E-state index is -5.46. The summed E-state index contributed by atoms with van der Waals surface area (Å²) in [6, 6.07) is 0. The molecule has 116 valence electrons. The van der Waals surface area contributed by atoms with Crippen molar-refractivity contribution in [2.24, 2.45) is 0 Å². The molecular formula is C9H4ClF5N2O4. The number of nitrogens with two attached hydrogens (primary N) is 1. The Hall–Kier alpha value is -2.17. The highest BCUT2D eigenvalue weighted by Crippen LogP contribution is 2.41. The number of aromatic carboxylic acids is 2. The maximum Gasteiger partial charge on any atom is 0.434 e. The third-order valence-corrected chi connectivity index (χ3v) is 2.38. The van der Waals surface area contributed by atoms with E-state index in [-0.39, 0.29) is 0 Å².